The van der Waals surface area contributed by atoms with Gasteiger partial charge in [0, 0.05) is 12.7 Å². The lowest BCUT2D eigenvalue weighted by atomic mass is 9.49. The molecule has 1 saturated carbocycles. The van der Waals surface area contributed by atoms with E-state index in [-0.39, 0.29) is 16.7 Å². The van der Waals surface area contributed by atoms with Crippen LogP contribution in [0.5, 0.6) is 0 Å². The highest BCUT2D eigenvalue weighted by Crippen LogP contribution is 2.57. The summed E-state index contributed by atoms with van der Waals surface area (Å²) in [7, 11) is 0. The molecule has 0 aliphatic heterocycles. The van der Waals surface area contributed by atoms with E-state index in [2.05, 4.69) is 56.2 Å². The summed E-state index contributed by atoms with van der Waals surface area (Å²) >= 11 is 1.51. The molecule has 31 heavy (non-hydrogen) atoms. The van der Waals surface area contributed by atoms with Crippen molar-refractivity contribution in [2.45, 2.75) is 76.2 Å². The van der Waals surface area contributed by atoms with Gasteiger partial charge in [-0.3, -0.25) is 4.79 Å². The Morgan fingerprint density at radius 2 is 2.06 bits per heavy atom. The predicted molar refractivity (Wildman–Crippen MR) is 130 cm³/mol. The van der Waals surface area contributed by atoms with Gasteiger partial charge in [0.2, 0.25) is 5.91 Å². The Morgan fingerprint density at radius 1 is 1.23 bits per heavy atom. The maximum absolute atomic E-state index is 12.6. The standard InChI is InChI=1S/C27H36N2OS/c1-19(2)20-9-11-22-21(16-20)10-12-23-26(3,13-7-14-27(22,23)4)18-29-24(30)17-31-25-8-5-6-15-28-25/h5-6,8-9,11,15-16,19,23H,7,10,12-14,17-18H2,1-4H3,(H,29,30). The minimum Gasteiger partial charge on any atom is -0.355 e. The monoisotopic (exact) mass is 436 g/mol. The van der Waals surface area contributed by atoms with Gasteiger partial charge in [0.25, 0.3) is 0 Å². The van der Waals surface area contributed by atoms with Crippen LogP contribution >= 0.6 is 11.8 Å². The Bertz CT molecular complexity index is 928. The van der Waals surface area contributed by atoms with Crippen LogP contribution < -0.4 is 5.32 Å². The van der Waals surface area contributed by atoms with E-state index >= 15 is 0 Å². The van der Waals surface area contributed by atoms with Gasteiger partial charge in [0.15, 0.2) is 0 Å². The molecule has 1 aromatic heterocycles. The van der Waals surface area contributed by atoms with Crippen LogP contribution in [-0.2, 0) is 16.6 Å². The molecule has 3 atom stereocenters. The first-order chi connectivity index (χ1) is 14.8. The lowest BCUT2D eigenvalue weighted by Crippen LogP contribution is -2.53. The predicted octanol–water partition coefficient (Wildman–Crippen LogP) is 6.12. The van der Waals surface area contributed by atoms with Gasteiger partial charge in [-0.25, -0.2) is 4.98 Å². The van der Waals surface area contributed by atoms with Gasteiger partial charge in [0.1, 0.15) is 0 Å². The van der Waals surface area contributed by atoms with Gasteiger partial charge in [0.05, 0.1) is 10.8 Å². The maximum Gasteiger partial charge on any atom is 0.230 e. The third-order valence-corrected chi connectivity index (χ3v) is 8.79. The van der Waals surface area contributed by atoms with Gasteiger partial charge in [-0.05, 0) is 77.2 Å². The number of thioether (sulfide) groups is 1. The van der Waals surface area contributed by atoms with Crippen LogP contribution in [0.25, 0.3) is 0 Å². The minimum absolute atomic E-state index is 0.113. The first-order valence-electron chi connectivity index (χ1n) is 11.8. The molecule has 1 fully saturated rings. The Labute approximate surface area is 191 Å². The average molecular weight is 437 g/mol. The summed E-state index contributed by atoms with van der Waals surface area (Å²) in [5, 5.41) is 4.18. The number of nitrogens with zero attached hydrogens (tertiary/aromatic N) is 1. The summed E-state index contributed by atoms with van der Waals surface area (Å²) in [4.78, 5) is 16.9. The molecule has 4 rings (SSSR count). The zero-order chi connectivity index (χ0) is 22.1. The highest BCUT2D eigenvalue weighted by molar-refractivity contribution is 7.99. The van der Waals surface area contributed by atoms with Gasteiger partial charge in [-0.1, -0.05) is 70.1 Å². The largest absolute Gasteiger partial charge is 0.355 e. The summed E-state index contributed by atoms with van der Waals surface area (Å²) < 4.78 is 0. The summed E-state index contributed by atoms with van der Waals surface area (Å²) in [5.41, 5.74) is 4.94. The van der Waals surface area contributed by atoms with Crippen LogP contribution in [0.1, 0.15) is 76.0 Å². The number of hydrogen-bond acceptors (Lipinski definition) is 3. The topological polar surface area (TPSA) is 42.0 Å². The van der Waals surface area contributed by atoms with Crippen LogP contribution in [0, 0.1) is 11.3 Å². The third-order valence-electron chi connectivity index (χ3n) is 7.85. The second-order valence-electron chi connectivity index (χ2n) is 10.3. The number of carbonyl (C=O) groups excluding carboxylic acids is 1. The number of amides is 1. The highest BCUT2D eigenvalue weighted by atomic mass is 32.2. The molecule has 1 amide bonds. The lowest BCUT2D eigenvalue weighted by Gasteiger charge is -2.55. The van der Waals surface area contributed by atoms with Gasteiger partial charge < -0.3 is 5.32 Å². The Balaban J connectivity index is 1.45. The number of rotatable bonds is 6. The molecule has 3 nitrogen and oxygen atoms in total. The number of carbonyl (C=O) groups is 1. The van der Waals surface area contributed by atoms with E-state index in [9.17, 15) is 4.79 Å². The number of aromatic nitrogens is 1. The van der Waals surface area contributed by atoms with E-state index in [1.54, 1.807) is 17.3 Å². The first kappa shape index (κ1) is 22.4. The second kappa shape index (κ2) is 8.97. The number of nitrogens with one attached hydrogen (secondary N) is 1. The molecule has 1 N–H and O–H groups in total. The van der Waals surface area contributed by atoms with Gasteiger partial charge >= 0.3 is 0 Å². The number of benzene rings is 1. The highest BCUT2D eigenvalue weighted by Gasteiger charge is 2.51. The summed E-state index contributed by atoms with van der Waals surface area (Å²) in [6.07, 6.45) is 7.84. The van der Waals surface area contributed by atoms with Crippen molar-refractivity contribution in [1.29, 1.82) is 0 Å². The molecule has 2 aliphatic carbocycles. The molecule has 0 saturated heterocycles. The van der Waals surface area contributed by atoms with Crippen molar-refractivity contribution in [1.82, 2.24) is 10.3 Å². The van der Waals surface area contributed by atoms with E-state index in [0.29, 0.717) is 17.6 Å². The van der Waals surface area contributed by atoms with Crippen molar-refractivity contribution >= 4 is 17.7 Å². The number of pyridine rings is 1. The second-order valence-corrected chi connectivity index (χ2v) is 11.3. The summed E-state index contributed by atoms with van der Waals surface area (Å²) in [6.45, 7) is 10.2. The van der Waals surface area contributed by atoms with Gasteiger partial charge in [-0.15, -0.1) is 0 Å². The van der Waals surface area contributed by atoms with Crippen LogP contribution in [0.4, 0.5) is 0 Å². The molecule has 0 radical (unpaired) electrons. The molecule has 4 heteroatoms. The number of hydrogen-bond donors (Lipinski definition) is 1. The molecule has 166 valence electrons. The van der Waals surface area contributed by atoms with Crippen LogP contribution in [-0.4, -0.2) is 23.2 Å². The zero-order valence-corrected chi connectivity index (χ0v) is 20.2. The van der Waals surface area contributed by atoms with E-state index in [1.165, 1.54) is 43.0 Å². The summed E-state index contributed by atoms with van der Waals surface area (Å²) in [6, 6.07) is 13.0. The number of aryl methyl sites for hydroxylation is 1. The first-order valence-corrected chi connectivity index (χ1v) is 12.7. The molecule has 1 heterocycles. The Kier molecular flexibility index (Phi) is 6.48. The molecular formula is C27H36N2OS. The van der Waals surface area contributed by atoms with Crippen LogP contribution in [0.3, 0.4) is 0 Å². The van der Waals surface area contributed by atoms with Crippen molar-refractivity contribution in [3.63, 3.8) is 0 Å². The zero-order valence-electron chi connectivity index (χ0n) is 19.4. The molecule has 2 aromatic rings. The van der Waals surface area contributed by atoms with Crippen molar-refractivity contribution in [2.24, 2.45) is 11.3 Å². The van der Waals surface area contributed by atoms with Crippen LogP contribution in [0.2, 0.25) is 0 Å². The fourth-order valence-electron chi connectivity index (χ4n) is 6.14. The molecule has 0 spiro atoms. The van der Waals surface area contributed by atoms with E-state index < -0.39 is 0 Å². The maximum atomic E-state index is 12.6. The molecule has 3 unspecified atom stereocenters. The van der Waals surface area contributed by atoms with Crippen molar-refractivity contribution in [2.75, 3.05) is 12.3 Å². The Hall–Kier alpha value is -1.81. The fourth-order valence-corrected chi connectivity index (χ4v) is 6.83. The van der Waals surface area contributed by atoms with E-state index in [0.717, 1.165) is 18.0 Å². The smallest absolute Gasteiger partial charge is 0.230 e. The normalized spacial score (nSPS) is 27.5. The van der Waals surface area contributed by atoms with Gasteiger partial charge in [-0.2, -0.15) is 0 Å². The van der Waals surface area contributed by atoms with Crippen LogP contribution in [0.15, 0.2) is 47.6 Å². The molecule has 0 bridgehead atoms. The van der Waals surface area contributed by atoms with Crippen molar-refractivity contribution in [3.8, 4) is 0 Å². The third kappa shape index (κ3) is 4.55. The summed E-state index contributed by atoms with van der Waals surface area (Å²) in [5.74, 6) is 1.72. The number of fused-ring (bicyclic) bond motifs is 3. The Morgan fingerprint density at radius 3 is 2.81 bits per heavy atom. The SMILES string of the molecule is CC(C)c1ccc2c(c1)CCC1C(C)(CNC(=O)CSc3ccccn3)CCCC21C. The molecule has 1 aromatic carbocycles. The van der Waals surface area contributed by atoms with Crippen molar-refractivity contribution in [3.05, 3.63) is 59.3 Å². The van der Waals surface area contributed by atoms with E-state index in [1.807, 2.05) is 18.2 Å². The van der Waals surface area contributed by atoms with Crippen molar-refractivity contribution < 1.29 is 4.79 Å². The lowest BCUT2D eigenvalue weighted by molar-refractivity contribution is -0.119. The fraction of sp³-hybridized carbons (Fsp3) is 0.556. The quantitative estimate of drug-likeness (QED) is 0.554. The average Bonchev–Trinajstić information content (AvgIpc) is 2.76. The molecular weight excluding hydrogens is 400 g/mol. The van der Waals surface area contributed by atoms with E-state index in [4.69, 9.17) is 0 Å². The minimum atomic E-state index is 0.113. The molecule has 2 aliphatic rings.